The standard InChI is InChI=1S/C34H55N3O6.C32H51N3O6.C30H47N3O6/c1-15-42-30(40)22(4)20-25(21(2)3)37(14)29(39)27(32(5,6)7)36-28(38)26(35-13)34(11,12)24-18-16-23(17-19-24)31(41)43-33(8,9)10;1-19(2)23(18-20(3)28(38)39)35(13)27(37)25(30(4,5)6)34-26(36)24(33-12)32(10,11)22-16-14-21(15-17-22)29(40)41-31(7,8)9;1-12-39-28(38)19(4)17-22(18(2)3)33(11)26(35)24(29(5,6)7)32-25(34)23(31-10)30(8,9)21-15-13-20(14-16-21)27(36)37/h16-21,25-27,35H,15H2,1-14H3,(H,36,38);14-19,23-25,33H,1-13H3,(H,34,36)(H,38,39);13-18,22-24,31H,12H2,1-11H3,(H,32,34)(H,36,37)/b22-20+;20-18+;19-17+/t25-,26-,27-;23-,24-,25-;22-,23?,24-/m111/s1. The number of aliphatic carboxylic acids is 1. The number of likely N-dealkylation sites (N-methyl/N-ethyl adjacent to an activating group) is 6. The Labute approximate surface area is 735 Å². The van der Waals surface area contributed by atoms with Gasteiger partial charge in [-0.15, -0.1) is 0 Å². The predicted molar refractivity (Wildman–Crippen MR) is 485 cm³/mol. The number of aromatic carboxylic acids is 1. The van der Waals surface area contributed by atoms with Gasteiger partial charge in [0.25, 0.3) is 0 Å². The molecular weight excluding hydrogens is 1570 g/mol. The lowest BCUT2D eigenvalue weighted by molar-refractivity contribution is -0.141. The van der Waals surface area contributed by atoms with E-state index in [9.17, 15) is 67.7 Å². The summed E-state index contributed by atoms with van der Waals surface area (Å²) in [5.74, 6) is -5.70. The molecule has 27 heteroatoms. The van der Waals surface area contributed by atoms with Crippen molar-refractivity contribution in [2.75, 3.05) is 55.5 Å². The van der Waals surface area contributed by atoms with Crippen molar-refractivity contribution in [3.8, 4) is 0 Å². The van der Waals surface area contributed by atoms with Gasteiger partial charge in [-0.05, 0) is 184 Å². The van der Waals surface area contributed by atoms with Gasteiger partial charge in [-0.2, -0.15) is 0 Å². The first-order valence-electron chi connectivity index (χ1n) is 42.4. The first kappa shape index (κ1) is 111. The van der Waals surface area contributed by atoms with Crippen molar-refractivity contribution in [2.45, 2.75) is 303 Å². The second kappa shape index (κ2) is 46.4. The Morgan fingerprint density at radius 3 is 0.756 bits per heavy atom. The molecule has 3 aromatic rings. The van der Waals surface area contributed by atoms with Crippen LogP contribution in [0.4, 0.5) is 0 Å². The number of esters is 4. The smallest absolute Gasteiger partial charge is 0.338 e. The summed E-state index contributed by atoms with van der Waals surface area (Å²) >= 11 is 0. The second-order valence-corrected chi connectivity index (χ2v) is 39.6. The molecule has 1 unspecified atom stereocenters. The number of nitrogens with one attached hydrogen (secondary N) is 6. The van der Waals surface area contributed by atoms with Crippen molar-refractivity contribution < 1.29 is 86.7 Å². The molecular formula is C96H153N9O18. The molecule has 6 amide bonds. The molecule has 3 rings (SSSR count). The Balaban J connectivity index is 0.000000924. The Morgan fingerprint density at radius 2 is 0.577 bits per heavy atom. The number of carboxylic acids is 2. The van der Waals surface area contributed by atoms with Crippen molar-refractivity contribution >= 4 is 71.3 Å². The fraction of sp³-hybridized carbons (Fsp3) is 0.625. The SMILES string of the molecule is CCOC(=O)/C(C)=C/[C@H](C(C)C)N(C)C(=O)[C@@H](NC(=O)C(NC)C(C)(C)c1ccc(C(=O)O)cc1)C(C)(C)C.CCOC(=O)/C(C)=C/[C@H](C(C)C)N(C)C(=O)[C@@H](NC(=O)[C@@H](NC)C(C)(C)c1ccc(C(=O)OC(C)(C)C)cc1)C(C)(C)C.CN[C@H](C(=O)N[C@H](C(=O)N(C)[C@H](/C=C(\C)C(=O)O)C(C)C)C(C)(C)C)C(C)(C)c1ccc(C(=O)OC(C)(C)C)cc1. The van der Waals surface area contributed by atoms with Gasteiger partial charge in [0.05, 0.1) is 66.2 Å². The van der Waals surface area contributed by atoms with Crippen LogP contribution >= 0.6 is 0 Å². The molecule has 0 saturated heterocycles. The topological polar surface area (TPSA) is 364 Å². The number of hydrogen-bond acceptors (Lipinski definition) is 19. The van der Waals surface area contributed by atoms with Gasteiger partial charge < -0.3 is 75.8 Å². The molecule has 690 valence electrons. The van der Waals surface area contributed by atoms with Gasteiger partial charge in [0.15, 0.2) is 0 Å². The molecule has 0 saturated carbocycles. The second-order valence-electron chi connectivity index (χ2n) is 39.6. The van der Waals surface area contributed by atoms with Gasteiger partial charge in [-0.25, -0.2) is 28.8 Å². The van der Waals surface area contributed by atoms with Gasteiger partial charge in [-0.3, -0.25) is 28.8 Å². The summed E-state index contributed by atoms with van der Waals surface area (Å²) in [5, 5.41) is 36.9. The summed E-state index contributed by atoms with van der Waals surface area (Å²) in [7, 11) is 10.1. The maximum Gasteiger partial charge on any atom is 0.338 e. The molecule has 3 aromatic carbocycles. The van der Waals surface area contributed by atoms with Crippen LogP contribution in [0.25, 0.3) is 0 Å². The van der Waals surface area contributed by atoms with Crippen molar-refractivity contribution in [1.82, 2.24) is 46.6 Å². The number of carbonyl (C=O) groups excluding carboxylic acids is 10. The van der Waals surface area contributed by atoms with E-state index >= 15 is 0 Å². The molecule has 0 spiro atoms. The number of rotatable bonds is 35. The predicted octanol–water partition coefficient (Wildman–Crippen LogP) is 13.4. The number of hydrogen-bond donors (Lipinski definition) is 8. The third-order valence-corrected chi connectivity index (χ3v) is 21.6. The van der Waals surface area contributed by atoms with E-state index in [1.54, 1.807) is 147 Å². The Kier molecular flexibility index (Phi) is 42.0. The molecule has 0 aliphatic heterocycles. The van der Waals surface area contributed by atoms with Crippen molar-refractivity contribution in [3.05, 3.63) is 141 Å². The van der Waals surface area contributed by atoms with Gasteiger partial charge >= 0.3 is 35.8 Å². The van der Waals surface area contributed by atoms with E-state index in [0.29, 0.717) is 22.3 Å². The summed E-state index contributed by atoms with van der Waals surface area (Å²) in [5.41, 5.74) is -0.811. The summed E-state index contributed by atoms with van der Waals surface area (Å²) in [6, 6.07) is 14.5. The van der Waals surface area contributed by atoms with E-state index in [1.165, 1.54) is 24.0 Å². The van der Waals surface area contributed by atoms with Gasteiger partial charge in [0, 0.05) is 54.1 Å². The maximum absolute atomic E-state index is 14.0. The van der Waals surface area contributed by atoms with E-state index in [1.807, 2.05) is 199 Å². The highest BCUT2D eigenvalue weighted by Gasteiger charge is 2.46. The zero-order chi connectivity index (χ0) is 95.9. The first-order valence-corrected chi connectivity index (χ1v) is 42.4. The monoisotopic (exact) mass is 1720 g/mol. The van der Waals surface area contributed by atoms with Crippen LogP contribution in [0.1, 0.15) is 269 Å². The van der Waals surface area contributed by atoms with Crippen LogP contribution in [-0.2, 0) is 78.3 Å². The number of amides is 6. The Hall–Kier alpha value is -9.60. The number of carboxylic acid groups (broad SMARTS) is 2. The minimum Gasteiger partial charge on any atom is -0.478 e. The minimum absolute atomic E-state index is 0.00212. The molecule has 0 bridgehead atoms. The largest absolute Gasteiger partial charge is 0.478 e. The lowest BCUT2D eigenvalue weighted by atomic mass is 9.76. The molecule has 0 aliphatic carbocycles. The van der Waals surface area contributed by atoms with Crippen molar-refractivity contribution in [2.24, 2.45) is 34.0 Å². The van der Waals surface area contributed by atoms with Crippen molar-refractivity contribution in [3.63, 3.8) is 0 Å². The van der Waals surface area contributed by atoms with E-state index in [4.69, 9.17) is 18.9 Å². The number of carbonyl (C=O) groups is 12. The molecule has 0 aromatic heterocycles. The Morgan fingerprint density at radius 1 is 0.358 bits per heavy atom. The van der Waals surface area contributed by atoms with Crippen molar-refractivity contribution in [1.29, 1.82) is 0 Å². The van der Waals surface area contributed by atoms with E-state index in [-0.39, 0.29) is 77.5 Å². The summed E-state index contributed by atoms with van der Waals surface area (Å²) in [4.78, 5) is 160. The molecule has 0 aliphatic rings. The van der Waals surface area contributed by atoms with Crippen LogP contribution < -0.4 is 31.9 Å². The number of benzene rings is 3. The minimum atomic E-state index is -1.05. The average molecular weight is 1720 g/mol. The maximum atomic E-state index is 14.0. The zero-order valence-corrected chi connectivity index (χ0v) is 81.3. The number of nitrogens with zero attached hydrogens (tertiary/aromatic N) is 3. The highest BCUT2D eigenvalue weighted by Crippen LogP contribution is 2.35. The molecule has 27 nitrogen and oxygen atoms in total. The third kappa shape index (κ3) is 32.8. The van der Waals surface area contributed by atoms with E-state index in [2.05, 4.69) is 31.9 Å². The normalized spacial score (nSPS) is 15.0. The first-order chi connectivity index (χ1) is 56.0. The van der Waals surface area contributed by atoms with E-state index in [0.717, 1.165) is 16.7 Å². The van der Waals surface area contributed by atoms with Crippen LogP contribution in [0, 0.1) is 34.0 Å². The average Bonchev–Trinajstić information content (AvgIpc) is 0.787. The highest BCUT2D eigenvalue weighted by atomic mass is 16.6. The van der Waals surface area contributed by atoms with Crippen LogP contribution in [-0.4, -0.2) is 217 Å². The molecule has 0 radical (unpaired) electrons. The fourth-order valence-corrected chi connectivity index (χ4v) is 14.1. The quantitative estimate of drug-likeness (QED) is 0.0154. The number of ether oxygens (including phenoxy) is 4. The lowest BCUT2D eigenvalue weighted by Crippen LogP contribution is -2.61. The van der Waals surface area contributed by atoms with Crippen LogP contribution in [0.5, 0.6) is 0 Å². The molecule has 0 fully saturated rings. The highest BCUT2D eigenvalue weighted by molar-refractivity contribution is 5.96. The van der Waals surface area contributed by atoms with Gasteiger partial charge in [-0.1, -0.05) is 200 Å². The summed E-state index contributed by atoms with van der Waals surface area (Å²) < 4.78 is 21.2. The van der Waals surface area contributed by atoms with Crippen LogP contribution in [0.2, 0.25) is 0 Å². The lowest BCUT2D eigenvalue weighted by Gasteiger charge is -2.40. The van der Waals surface area contributed by atoms with Gasteiger partial charge in [0.2, 0.25) is 35.4 Å². The zero-order valence-electron chi connectivity index (χ0n) is 81.3. The molecule has 8 N–H and O–H groups in total. The van der Waals surface area contributed by atoms with E-state index < -0.39 is 134 Å². The fourth-order valence-electron chi connectivity index (χ4n) is 14.1. The molecule has 9 atom stereocenters. The molecule has 0 heterocycles. The molecule has 123 heavy (non-hydrogen) atoms. The Bertz CT molecular complexity index is 4180. The third-order valence-electron chi connectivity index (χ3n) is 21.6. The summed E-state index contributed by atoms with van der Waals surface area (Å²) in [6.45, 7) is 59.9. The summed E-state index contributed by atoms with van der Waals surface area (Å²) in [6.07, 6.45) is 5.07. The van der Waals surface area contributed by atoms with Gasteiger partial charge in [0.1, 0.15) is 29.3 Å². The van der Waals surface area contributed by atoms with Crippen LogP contribution in [0.3, 0.4) is 0 Å². The van der Waals surface area contributed by atoms with Crippen LogP contribution in [0.15, 0.2) is 108 Å².